The number of halogens is 1. The lowest BCUT2D eigenvalue weighted by Gasteiger charge is -2.11. The van der Waals surface area contributed by atoms with Gasteiger partial charge in [0.25, 0.3) is 0 Å². The molecule has 0 aliphatic heterocycles. The van der Waals surface area contributed by atoms with E-state index in [1.807, 2.05) is 19.2 Å². The largest absolute Gasteiger partial charge is 0.489 e. The summed E-state index contributed by atoms with van der Waals surface area (Å²) in [7, 11) is 1.99. The molecule has 0 aliphatic rings. The summed E-state index contributed by atoms with van der Waals surface area (Å²) < 4.78 is 7.04. The summed E-state index contributed by atoms with van der Waals surface area (Å²) in [6.07, 6.45) is 1.04. The van der Waals surface area contributed by atoms with Gasteiger partial charge in [0.2, 0.25) is 0 Å². The van der Waals surface area contributed by atoms with Gasteiger partial charge in [0.15, 0.2) is 0 Å². The molecule has 0 heterocycles. The zero-order valence-corrected chi connectivity index (χ0v) is 14.1. The van der Waals surface area contributed by atoms with E-state index in [9.17, 15) is 0 Å². The number of hydrogen-bond donors (Lipinski definition) is 1. The van der Waals surface area contributed by atoms with Crippen molar-refractivity contribution >= 4 is 22.6 Å². The molecule has 0 saturated carbocycles. The Morgan fingerprint density at radius 2 is 1.60 bits per heavy atom. The molecule has 0 aromatic heterocycles. The van der Waals surface area contributed by atoms with Crippen LogP contribution in [0.25, 0.3) is 0 Å². The van der Waals surface area contributed by atoms with E-state index < -0.39 is 0 Å². The van der Waals surface area contributed by atoms with Crippen LogP contribution >= 0.6 is 22.6 Å². The van der Waals surface area contributed by atoms with Crippen LogP contribution in [-0.4, -0.2) is 13.1 Å². The molecule has 1 N–H and O–H groups in total. The van der Waals surface area contributed by atoms with Crippen LogP contribution in [0.5, 0.6) is 5.75 Å². The van der Waals surface area contributed by atoms with Crippen LogP contribution in [0, 0.1) is 3.57 Å². The van der Waals surface area contributed by atoms with Crippen LogP contribution in [-0.2, 0) is 13.0 Å². The fraction of sp³-hybridized carbons (Fsp3) is 0.294. The summed E-state index contributed by atoms with van der Waals surface area (Å²) in [6.45, 7) is 2.80. The Morgan fingerprint density at radius 1 is 1.00 bits per heavy atom. The molecule has 0 fully saturated rings. The molecule has 2 nitrogen and oxygen atoms in total. The van der Waals surface area contributed by atoms with Crippen molar-refractivity contribution < 1.29 is 4.74 Å². The maximum atomic E-state index is 5.80. The molecule has 106 valence electrons. The molecule has 0 saturated heterocycles. The van der Waals surface area contributed by atoms with E-state index in [-0.39, 0.29) is 0 Å². The number of rotatable bonds is 6. The van der Waals surface area contributed by atoms with Gasteiger partial charge in [-0.05, 0) is 78.4 Å². The first-order valence-electron chi connectivity index (χ1n) is 6.81. The minimum absolute atomic E-state index is 0.494. The molecule has 0 spiro atoms. The van der Waals surface area contributed by atoms with E-state index in [1.54, 1.807) is 0 Å². The van der Waals surface area contributed by atoms with Gasteiger partial charge < -0.3 is 10.1 Å². The summed E-state index contributed by atoms with van der Waals surface area (Å²) >= 11 is 2.31. The quantitative estimate of drug-likeness (QED) is 0.764. The zero-order chi connectivity index (χ0) is 14.4. The van der Waals surface area contributed by atoms with E-state index in [0.29, 0.717) is 12.6 Å². The Hall–Kier alpha value is -1.07. The number of nitrogens with one attached hydrogen (secondary N) is 1. The number of ether oxygens (including phenoxy) is 1. The van der Waals surface area contributed by atoms with E-state index in [4.69, 9.17) is 4.74 Å². The Morgan fingerprint density at radius 3 is 2.20 bits per heavy atom. The van der Waals surface area contributed by atoms with Gasteiger partial charge in [0.1, 0.15) is 12.4 Å². The van der Waals surface area contributed by atoms with Crippen LogP contribution in [0.2, 0.25) is 0 Å². The maximum Gasteiger partial charge on any atom is 0.119 e. The van der Waals surface area contributed by atoms with Gasteiger partial charge in [-0.15, -0.1) is 0 Å². The lowest BCUT2D eigenvalue weighted by molar-refractivity contribution is 0.306. The summed E-state index contributed by atoms with van der Waals surface area (Å²) in [5.74, 6) is 0.921. The third-order valence-corrected chi connectivity index (χ3v) is 4.00. The lowest BCUT2D eigenvalue weighted by atomic mass is 10.1. The van der Waals surface area contributed by atoms with Gasteiger partial charge in [-0.25, -0.2) is 0 Å². The molecular formula is C17H20INO. The highest BCUT2D eigenvalue weighted by Crippen LogP contribution is 2.16. The Kier molecular flexibility index (Phi) is 5.86. The molecule has 0 bridgehead atoms. The average molecular weight is 381 g/mol. The normalized spacial score (nSPS) is 12.2. The van der Waals surface area contributed by atoms with Crippen molar-refractivity contribution in [3.05, 3.63) is 63.2 Å². The van der Waals surface area contributed by atoms with E-state index in [1.165, 1.54) is 14.7 Å². The third-order valence-electron chi connectivity index (χ3n) is 3.28. The minimum Gasteiger partial charge on any atom is -0.489 e. The van der Waals surface area contributed by atoms with Gasteiger partial charge in [-0.1, -0.05) is 24.3 Å². The fourth-order valence-corrected chi connectivity index (χ4v) is 2.28. The number of likely N-dealkylation sites (N-methyl/N-ethyl adjacent to an activating group) is 1. The second kappa shape index (κ2) is 7.64. The van der Waals surface area contributed by atoms with Crippen molar-refractivity contribution in [3.8, 4) is 5.75 Å². The molecule has 20 heavy (non-hydrogen) atoms. The minimum atomic E-state index is 0.494. The molecule has 3 heteroatoms. The third kappa shape index (κ3) is 4.80. The number of hydrogen-bond acceptors (Lipinski definition) is 2. The van der Waals surface area contributed by atoms with Crippen LogP contribution in [0.3, 0.4) is 0 Å². The molecule has 2 aromatic rings. The Labute approximate surface area is 134 Å². The Balaban J connectivity index is 1.89. The highest BCUT2D eigenvalue weighted by Gasteiger charge is 2.01. The van der Waals surface area contributed by atoms with Gasteiger partial charge in [0.05, 0.1) is 0 Å². The first-order chi connectivity index (χ1) is 9.67. The van der Waals surface area contributed by atoms with Crippen molar-refractivity contribution in [2.24, 2.45) is 0 Å². The lowest BCUT2D eigenvalue weighted by Crippen LogP contribution is -2.23. The van der Waals surface area contributed by atoms with Gasteiger partial charge in [-0.2, -0.15) is 0 Å². The molecular weight excluding hydrogens is 361 g/mol. The zero-order valence-electron chi connectivity index (χ0n) is 11.9. The topological polar surface area (TPSA) is 21.3 Å². The first-order valence-corrected chi connectivity index (χ1v) is 7.88. The Bertz CT molecular complexity index is 522. The summed E-state index contributed by atoms with van der Waals surface area (Å²) in [5, 5.41) is 3.25. The second-order valence-corrected chi connectivity index (χ2v) is 6.20. The SMILES string of the molecule is CNC(C)Cc1ccc(OCc2ccc(I)cc2)cc1. The van der Waals surface area contributed by atoms with Crippen molar-refractivity contribution in [1.82, 2.24) is 5.32 Å². The summed E-state index contributed by atoms with van der Waals surface area (Å²) in [5.41, 5.74) is 2.52. The smallest absolute Gasteiger partial charge is 0.119 e. The molecule has 2 rings (SSSR count). The van der Waals surface area contributed by atoms with Crippen LogP contribution in [0.4, 0.5) is 0 Å². The molecule has 1 atom stereocenters. The van der Waals surface area contributed by atoms with E-state index in [0.717, 1.165) is 12.2 Å². The van der Waals surface area contributed by atoms with Crippen molar-refractivity contribution in [2.45, 2.75) is 26.0 Å². The number of benzene rings is 2. The predicted octanol–water partition coefficient (Wildman–Crippen LogP) is 4.02. The molecule has 2 aromatic carbocycles. The van der Waals surface area contributed by atoms with Gasteiger partial charge >= 0.3 is 0 Å². The highest BCUT2D eigenvalue weighted by atomic mass is 127. The van der Waals surface area contributed by atoms with E-state index in [2.05, 4.69) is 71.2 Å². The fourth-order valence-electron chi connectivity index (χ4n) is 1.92. The van der Waals surface area contributed by atoms with Crippen molar-refractivity contribution in [2.75, 3.05) is 7.05 Å². The van der Waals surface area contributed by atoms with E-state index >= 15 is 0 Å². The highest BCUT2D eigenvalue weighted by molar-refractivity contribution is 14.1. The van der Waals surface area contributed by atoms with Crippen molar-refractivity contribution in [3.63, 3.8) is 0 Å². The predicted molar refractivity (Wildman–Crippen MR) is 92.2 cm³/mol. The maximum absolute atomic E-state index is 5.80. The van der Waals surface area contributed by atoms with Gasteiger partial charge in [-0.3, -0.25) is 0 Å². The van der Waals surface area contributed by atoms with Crippen LogP contribution < -0.4 is 10.1 Å². The standard InChI is InChI=1S/C17H20INO/c1-13(19-2)11-14-5-9-17(10-6-14)20-12-15-3-7-16(18)8-4-15/h3-10,13,19H,11-12H2,1-2H3. The molecule has 0 amide bonds. The van der Waals surface area contributed by atoms with Crippen molar-refractivity contribution in [1.29, 1.82) is 0 Å². The first kappa shape index (κ1) is 15.3. The second-order valence-electron chi connectivity index (χ2n) is 4.95. The van der Waals surface area contributed by atoms with Crippen LogP contribution in [0.1, 0.15) is 18.1 Å². The monoisotopic (exact) mass is 381 g/mol. The van der Waals surface area contributed by atoms with Crippen LogP contribution in [0.15, 0.2) is 48.5 Å². The molecule has 1 unspecified atom stereocenters. The summed E-state index contributed by atoms with van der Waals surface area (Å²) in [6, 6.07) is 17.3. The molecule has 0 radical (unpaired) electrons. The van der Waals surface area contributed by atoms with Gasteiger partial charge in [0, 0.05) is 9.61 Å². The average Bonchev–Trinajstić information content (AvgIpc) is 2.48. The summed E-state index contributed by atoms with van der Waals surface area (Å²) in [4.78, 5) is 0. The molecule has 0 aliphatic carbocycles.